The number of hydrogen-bond donors (Lipinski definition) is 0. The third-order valence-corrected chi connectivity index (χ3v) is 3.73. The molecule has 0 aliphatic carbocycles. The molecule has 7 heteroatoms. The van der Waals surface area contributed by atoms with Gasteiger partial charge in [-0.15, -0.1) is 0 Å². The Morgan fingerprint density at radius 3 is 2.42 bits per heavy atom. The second-order valence-corrected chi connectivity index (χ2v) is 5.71. The van der Waals surface area contributed by atoms with Crippen molar-refractivity contribution < 1.29 is 28.6 Å². The van der Waals surface area contributed by atoms with Gasteiger partial charge >= 0.3 is 5.97 Å². The number of benzene rings is 2. The lowest BCUT2D eigenvalue weighted by atomic mass is 10.1. The summed E-state index contributed by atoms with van der Waals surface area (Å²) in [5.41, 5.74) is 0.779. The average molecular weight is 377 g/mol. The van der Waals surface area contributed by atoms with Crippen LogP contribution in [-0.4, -0.2) is 37.9 Å². The first kappa shape index (κ1) is 19.5. The summed E-state index contributed by atoms with van der Waals surface area (Å²) < 4.78 is 15.2. The van der Waals surface area contributed by atoms with E-state index < -0.39 is 18.4 Å². The average Bonchev–Trinajstić information content (AvgIpc) is 2.64. The highest BCUT2D eigenvalue weighted by molar-refractivity contribution is 6.32. The highest BCUT2D eigenvalue weighted by Crippen LogP contribution is 2.25. The van der Waals surface area contributed by atoms with Gasteiger partial charge < -0.3 is 14.2 Å². The molecule has 0 bridgehead atoms. The number of rotatable bonds is 8. The number of methoxy groups -OCH3 is 1. The van der Waals surface area contributed by atoms with E-state index >= 15 is 0 Å². The van der Waals surface area contributed by atoms with Gasteiger partial charge in [0, 0.05) is 11.1 Å². The molecule has 0 N–H and O–H groups in total. The lowest BCUT2D eigenvalue weighted by Gasteiger charge is -2.08. The molecule has 0 saturated heterocycles. The van der Waals surface area contributed by atoms with Crippen LogP contribution in [0, 0.1) is 0 Å². The molecule has 0 fully saturated rings. The monoisotopic (exact) mass is 376 g/mol. The van der Waals surface area contributed by atoms with Gasteiger partial charge in [-0.1, -0.05) is 23.7 Å². The van der Waals surface area contributed by atoms with E-state index in [1.807, 2.05) is 0 Å². The zero-order chi connectivity index (χ0) is 19.1. The Morgan fingerprint density at radius 1 is 1.00 bits per heavy atom. The van der Waals surface area contributed by atoms with Crippen LogP contribution >= 0.6 is 11.6 Å². The van der Waals surface area contributed by atoms with Gasteiger partial charge in [0.25, 0.3) is 0 Å². The van der Waals surface area contributed by atoms with Crippen LogP contribution in [0.5, 0.6) is 11.5 Å². The van der Waals surface area contributed by atoms with Crippen molar-refractivity contribution in [2.45, 2.75) is 6.92 Å². The number of ketones is 2. The first-order valence-corrected chi connectivity index (χ1v) is 8.04. The third-order valence-electron chi connectivity index (χ3n) is 3.44. The minimum Gasteiger partial charge on any atom is -0.495 e. The minimum absolute atomic E-state index is 0.109. The number of carbonyl (C=O) groups is 3. The molecular weight excluding hydrogens is 360 g/mol. The van der Waals surface area contributed by atoms with Crippen LogP contribution in [0.1, 0.15) is 27.6 Å². The van der Waals surface area contributed by atoms with E-state index in [0.29, 0.717) is 27.6 Å². The van der Waals surface area contributed by atoms with Gasteiger partial charge in [-0.3, -0.25) is 9.59 Å². The fourth-order valence-corrected chi connectivity index (χ4v) is 2.32. The highest BCUT2D eigenvalue weighted by Gasteiger charge is 2.13. The van der Waals surface area contributed by atoms with Crippen molar-refractivity contribution in [3.8, 4) is 11.5 Å². The fourth-order valence-electron chi connectivity index (χ4n) is 2.06. The maximum atomic E-state index is 12.0. The van der Waals surface area contributed by atoms with Gasteiger partial charge in [0.1, 0.15) is 11.5 Å². The molecule has 6 nitrogen and oxygen atoms in total. The molecule has 26 heavy (non-hydrogen) atoms. The quantitative estimate of drug-likeness (QED) is 0.519. The zero-order valence-electron chi connectivity index (χ0n) is 14.3. The smallest absolute Gasteiger partial charge is 0.344 e. The number of Topliss-reactive ketones (excluding diaryl/α,β-unsaturated/α-hetero) is 2. The molecule has 2 aromatic carbocycles. The Bertz CT molecular complexity index is 831. The van der Waals surface area contributed by atoms with Gasteiger partial charge in [-0.2, -0.15) is 0 Å². The van der Waals surface area contributed by atoms with E-state index in [1.54, 1.807) is 24.3 Å². The molecule has 0 aliphatic heterocycles. The standard InChI is InChI=1S/C19H17ClO6/c1-12(21)13-4-3-5-15(8-13)25-11-19(23)26-10-17(22)14-6-7-18(24-2)16(20)9-14/h3-9H,10-11H2,1-2H3. The number of esters is 1. The number of halogens is 1. The molecule has 2 rings (SSSR count). The molecule has 0 spiro atoms. The molecule has 136 valence electrons. The maximum absolute atomic E-state index is 12.0. The summed E-state index contributed by atoms with van der Waals surface area (Å²) >= 11 is 5.96. The Hall–Kier alpha value is -2.86. The number of carbonyl (C=O) groups excluding carboxylic acids is 3. The summed E-state index contributed by atoms with van der Waals surface area (Å²) in [6, 6.07) is 11.0. The van der Waals surface area contributed by atoms with Gasteiger partial charge in [0.05, 0.1) is 12.1 Å². The minimum atomic E-state index is -0.703. The molecule has 0 heterocycles. The van der Waals surface area contributed by atoms with Crippen LogP contribution in [0.4, 0.5) is 0 Å². The Kier molecular flexibility index (Phi) is 6.74. The molecule has 0 aliphatic rings. The lowest BCUT2D eigenvalue weighted by molar-refractivity contribution is -0.144. The maximum Gasteiger partial charge on any atom is 0.344 e. The van der Waals surface area contributed by atoms with Crippen LogP contribution in [0.3, 0.4) is 0 Å². The van der Waals surface area contributed by atoms with E-state index in [1.165, 1.54) is 32.2 Å². The summed E-state index contributed by atoms with van der Waals surface area (Å²) in [7, 11) is 1.47. The zero-order valence-corrected chi connectivity index (χ0v) is 15.0. The van der Waals surface area contributed by atoms with Crippen molar-refractivity contribution in [1.29, 1.82) is 0 Å². The third kappa shape index (κ3) is 5.32. The van der Waals surface area contributed by atoms with E-state index in [4.69, 9.17) is 25.8 Å². The summed E-state index contributed by atoms with van der Waals surface area (Å²) in [4.78, 5) is 35.1. The second kappa shape index (κ2) is 9.01. The van der Waals surface area contributed by atoms with Gasteiger partial charge in [-0.05, 0) is 37.3 Å². The molecule has 0 saturated carbocycles. The summed E-state index contributed by atoms with van der Waals surface area (Å²) in [6.45, 7) is 0.626. The van der Waals surface area contributed by atoms with Crippen LogP contribution < -0.4 is 9.47 Å². The van der Waals surface area contributed by atoms with Crippen molar-refractivity contribution in [3.05, 3.63) is 58.6 Å². The predicted molar refractivity (Wildman–Crippen MR) is 95.2 cm³/mol. The first-order chi connectivity index (χ1) is 12.4. The number of ether oxygens (including phenoxy) is 3. The normalized spacial score (nSPS) is 10.1. The van der Waals surface area contributed by atoms with Gasteiger partial charge in [-0.25, -0.2) is 4.79 Å². The SMILES string of the molecule is COc1ccc(C(=O)COC(=O)COc2cccc(C(C)=O)c2)cc1Cl. The first-order valence-electron chi connectivity index (χ1n) is 7.67. The van der Waals surface area contributed by atoms with Crippen LogP contribution in [-0.2, 0) is 9.53 Å². The molecule has 0 radical (unpaired) electrons. The molecule has 0 atom stereocenters. The van der Waals surface area contributed by atoms with Gasteiger partial charge in [0.15, 0.2) is 24.8 Å². The lowest BCUT2D eigenvalue weighted by Crippen LogP contribution is -2.19. The Balaban J connectivity index is 1.85. The van der Waals surface area contributed by atoms with Crippen LogP contribution in [0.15, 0.2) is 42.5 Å². The molecule has 0 aromatic heterocycles. The summed E-state index contributed by atoms with van der Waals surface area (Å²) in [5.74, 6) is -0.404. The predicted octanol–water partition coefficient (Wildman–Crippen LogP) is 3.36. The topological polar surface area (TPSA) is 78.9 Å². The Morgan fingerprint density at radius 2 is 1.77 bits per heavy atom. The van der Waals surface area contributed by atoms with Gasteiger partial charge in [0.2, 0.25) is 0 Å². The summed E-state index contributed by atoms with van der Waals surface area (Å²) in [6.07, 6.45) is 0. The van der Waals surface area contributed by atoms with Crippen molar-refractivity contribution in [3.63, 3.8) is 0 Å². The van der Waals surface area contributed by atoms with Crippen LogP contribution in [0.2, 0.25) is 5.02 Å². The van der Waals surface area contributed by atoms with Crippen LogP contribution in [0.25, 0.3) is 0 Å². The van der Waals surface area contributed by atoms with E-state index in [9.17, 15) is 14.4 Å². The van der Waals surface area contributed by atoms with Crippen molar-refractivity contribution in [1.82, 2.24) is 0 Å². The van der Waals surface area contributed by atoms with E-state index in [-0.39, 0.29) is 12.4 Å². The van der Waals surface area contributed by atoms with E-state index in [0.717, 1.165) is 0 Å². The van der Waals surface area contributed by atoms with E-state index in [2.05, 4.69) is 0 Å². The summed E-state index contributed by atoms with van der Waals surface area (Å²) in [5, 5.41) is 0.290. The van der Waals surface area contributed by atoms with Crippen molar-refractivity contribution in [2.24, 2.45) is 0 Å². The number of hydrogen-bond acceptors (Lipinski definition) is 6. The molecule has 0 unspecified atom stereocenters. The highest BCUT2D eigenvalue weighted by atomic mass is 35.5. The molecular formula is C19H17ClO6. The largest absolute Gasteiger partial charge is 0.495 e. The molecule has 0 amide bonds. The molecule has 2 aromatic rings. The second-order valence-electron chi connectivity index (χ2n) is 5.31. The van der Waals surface area contributed by atoms with Crippen molar-refractivity contribution in [2.75, 3.05) is 20.3 Å². The fraction of sp³-hybridized carbons (Fsp3) is 0.211. The van der Waals surface area contributed by atoms with Crippen molar-refractivity contribution >= 4 is 29.1 Å². The Labute approximate surface area is 155 Å².